The van der Waals surface area contributed by atoms with E-state index in [0.29, 0.717) is 12.1 Å². The Morgan fingerprint density at radius 2 is 1.68 bits per heavy atom. The Labute approximate surface area is 141 Å². The van der Waals surface area contributed by atoms with Gasteiger partial charge in [-0.25, -0.2) is 4.79 Å². The van der Waals surface area contributed by atoms with Gasteiger partial charge in [0.1, 0.15) is 5.60 Å². The van der Waals surface area contributed by atoms with E-state index in [4.69, 9.17) is 4.74 Å². The average molecular weight is 362 g/mol. The van der Waals surface area contributed by atoms with Crippen molar-refractivity contribution in [3.8, 4) is 0 Å². The lowest BCUT2D eigenvalue weighted by molar-refractivity contribution is -0.146. The normalized spacial score (nSPS) is 11.5. The van der Waals surface area contributed by atoms with Crippen LogP contribution in [0.2, 0.25) is 0 Å². The maximum atomic E-state index is 12.8. The maximum Gasteiger partial charge on any atom is 0.416 e. The molecule has 2 amide bonds. The van der Waals surface area contributed by atoms with Gasteiger partial charge in [0.25, 0.3) is 5.91 Å². The predicted molar refractivity (Wildman–Crippen MR) is 80.5 cm³/mol. The molecule has 25 heavy (non-hydrogen) atoms. The van der Waals surface area contributed by atoms with E-state index in [0.717, 1.165) is 13.0 Å². The molecular formula is C15H17F3N2O5. The standard InChI is InChI=1S/C15H17F3N2O5/c1-8(21)25-20-12(22)10-7-9(15(16,17)18)5-6-11(10)19-13(23)24-14(2,3)4/h5-7H,1-4H3,(H,19,23)(H,20,22). The van der Waals surface area contributed by atoms with Crippen LogP contribution in [0.25, 0.3) is 0 Å². The summed E-state index contributed by atoms with van der Waals surface area (Å²) in [6, 6.07) is 2.11. The highest BCUT2D eigenvalue weighted by molar-refractivity contribution is 6.02. The molecule has 0 aliphatic heterocycles. The van der Waals surface area contributed by atoms with Crippen LogP contribution < -0.4 is 10.8 Å². The van der Waals surface area contributed by atoms with Crippen molar-refractivity contribution in [1.82, 2.24) is 5.48 Å². The third-order valence-corrected chi connectivity index (χ3v) is 2.51. The van der Waals surface area contributed by atoms with Crippen LogP contribution in [0.15, 0.2) is 18.2 Å². The van der Waals surface area contributed by atoms with E-state index < -0.39 is 40.9 Å². The summed E-state index contributed by atoms with van der Waals surface area (Å²) in [5.41, 5.74) is -1.07. The predicted octanol–water partition coefficient (Wildman–Crippen LogP) is 3.26. The van der Waals surface area contributed by atoms with E-state index in [1.807, 2.05) is 0 Å². The van der Waals surface area contributed by atoms with Crippen LogP contribution in [-0.2, 0) is 20.5 Å². The SMILES string of the molecule is CC(=O)ONC(=O)c1cc(C(F)(F)F)ccc1NC(=O)OC(C)(C)C. The van der Waals surface area contributed by atoms with Crippen molar-refractivity contribution in [3.63, 3.8) is 0 Å². The molecule has 0 aliphatic carbocycles. The lowest BCUT2D eigenvalue weighted by Crippen LogP contribution is -2.30. The Morgan fingerprint density at radius 3 is 2.16 bits per heavy atom. The average Bonchev–Trinajstić information content (AvgIpc) is 2.41. The van der Waals surface area contributed by atoms with Gasteiger partial charge in [-0.2, -0.15) is 18.7 Å². The van der Waals surface area contributed by atoms with Crippen LogP contribution in [-0.4, -0.2) is 23.6 Å². The van der Waals surface area contributed by atoms with E-state index in [9.17, 15) is 27.6 Å². The van der Waals surface area contributed by atoms with Gasteiger partial charge in [0.05, 0.1) is 16.8 Å². The highest BCUT2D eigenvalue weighted by atomic mass is 19.4. The molecular weight excluding hydrogens is 345 g/mol. The Kier molecular flexibility index (Phi) is 6.01. The molecule has 1 aromatic carbocycles. The second kappa shape index (κ2) is 7.41. The van der Waals surface area contributed by atoms with Crippen LogP contribution in [0.4, 0.5) is 23.7 Å². The quantitative estimate of drug-likeness (QED) is 0.788. The van der Waals surface area contributed by atoms with Crippen molar-refractivity contribution in [2.24, 2.45) is 0 Å². The van der Waals surface area contributed by atoms with Crippen molar-refractivity contribution >= 4 is 23.7 Å². The summed E-state index contributed by atoms with van der Waals surface area (Å²) in [5.74, 6) is -2.02. The van der Waals surface area contributed by atoms with Gasteiger partial charge in [0.2, 0.25) is 0 Å². The summed E-state index contributed by atoms with van der Waals surface area (Å²) in [6.45, 7) is 5.77. The molecule has 0 saturated carbocycles. The topological polar surface area (TPSA) is 93.7 Å². The third-order valence-electron chi connectivity index (χ3n) is 2.51. The Bertz CT molecular complexity index is 681. The van der Waals surface area contributed by atoms with Gasteiger partial charge < -0.3 is 9.57 Å². The van der Waals surface area contributed by atoms with E-state index in [1.165, 1.54) is 0 Å². The molecule has 0 unspecified atom stereocenters. The van der Waals surface area contributed by atoms with Crippen LogP contribution in [0.3, 0.4) is 0 Å². The zero-order valence-electron chi connectivity index (χ0n) is 13.9. The van der Waals surface area contributed by atoms with Gasteiger partial charge in [-0.3, -0.25) is 14.9 Å². The number of nitrogens with one attached hydrogen (secondary N) is 2. The molecule has 0 bridgehead atoms. The highest BCUT2D eigenvalue weighted by Gasteiger charge is 2.32. The molecule has 2 N–H and O–H groups in total. The van der Waals surface area contributed by atoms with Crippen molar-refractivity contribution in [3.05, 3.63) is 29.3 Å². The summed E-state index contributed by atoms with van der Waals surface area (Å²) >= 11 is 0. The first-order chi connectivity index (χ1) is 11.3. The number of halogens is 3. The number of hydrogen-bond donors (Lipinski definition) is 2. The molecule has 7 nitrogen and oxygen atoms in total. The number of carbonyl (C=O) groups excluding carboxylic acids is 3. The fraction of sp³-hybridized carbons (Fsp3) is 0.400. The molecule has 0 aliphatic rings. The van der Waals surface area contributed by atoms with Crippen molar-refractivity contribution in [2.45, 2.75) is 39.5 Å². The van der Waals surface area contributed by atoms with Crippen molar-refractivity contribution < 1.29 is 37.1 Å². The number of alkyl halides is 3. The lowest BCUT2D eigenvalue weighted by atomic mass is 10.1. The van der Waals surface area contributed by atoms with Gasteiger partial charge in [-0.05, 0) is 39.0 Å². The zero-order valence-corrected chi connectivity index (χ0v) is 13.9. The Hall–Kier alpha value is -2.78. The third kappa shape index (κ3) is 6.69. The van der Waals surface area contributed by atoms with Gasteiger partial charge in [0.15, 0.2) is 0 Å². The monoisotopic (exact) mass is 362 g/mol. The summed E-state index contributed by atoms with van der Waals surface area (Å²) in [4.78, 5) is 38.7. The van der Waals surface area contributed by atoms with Crippen LogP contribution in [0.1, 0.15) is 43.6 Å². The zero-order chi connectivity index (χ0) is 19.4. The number of carbonyl (C=O) groups is 3. The molecule has 0 radical (unpaired) electrons. The largest absolute Gasteiger partial charge is 0.444 e. The second-order valence-corrected chi connectivity index (χ2v) is 5.91. The molecule has 0 aromatic heterocycles. The first-order valence-electron chi connectivity index (χ1n) is 6.98. The summed E-state index contributed by atoms with van der Waals surface area (Å²) < 4.78 is 43.5. The number of amides is 2. The number of hydrogen-bond acceptors (Lipinski definition) is 5. The fourth-order valence-electron chi connectivity index (χ4n) is 1.60. The van der Waals surface area contributed by atoms with Crippen molar-refractivity contribution in [2.75, 3.05) is 5.32 Å². The molecule has 0 saturated heterocycles. The molecule has 0 spiro atoms. The molecule has 0 fully saturated rings. The molecule has 1 rings (SSSR count). The minimum atomic E-state index is -4.71. The number of hydroxylamine groups is 1. The van der Waals surface area contributed by atoms with Gasteiger partial charge >= 0.3 is 18.2 Å². The Morgan fingerprint density at radius 1 is 1.08 bits per heavy atom. The van der Waals surface area contributed by atoms with Gasteiger partial charge in [0, 0.05) is 6.92 Å². The van der Waals surface area contributed by atoms with E-state index in [2.05, 4.69) is 10.2 Å². The van der Waals surface area contributed by atoms with Crippen LogP contribution >= 0.6 is 0 Å². The van der Waals surface area contributed by atoms with E-state index in [1.54, 1.807) is 26.3 Å². The fourth-order valence-corrected chi connectivity index (χ4v) is 1.60. The van der Waals surface area contributed by atoms with E-state index in [-0.39, 0.29) is 5.69 Å². The van der Waals surface area contributed by atoms with Gasteiger partial charge in [-0.1, -0.05) is 0 Å². The number of anilines is 1. The molecule has 0 heterocycles. The summed E-state index contributed by atoms with van der Waals surface area (Å²) in [5, 5.41) is 2.18. The smallest absolute Gasteiger partial charge is 0.416 e. The maximum absolute atomic E-state index is 12.8. The first-order valence-corrected chi connectivity index (χ1v) is 6.98. The number of ether oxygens (including phenoxy) is 1. The van der Waals surface area contributed by atoms with E-state index >= 15 is 0 Å². The Balaban J connectivity index is 3.16. The van der Waals surface area contributed by atoms with Gasteiger partial charge in [-0.15, -0.1) is 0 Å². The second-order valence-electron chi connectivity index (χ2n) is 5.91. The van der Waals surface area contributed by atoms with Crippen LogP contribution in [0, 0.1) is 0 Å². The molecule has 1 aromatic rings. The summed E-state index contributed by atoms with van der Waals surface area (Å²) in [7, 11) is 0. The van der Waals surface area contributed by atoms with Crippen molar-refractivity contribution in [1.29, 1.82) is 0 Å². The van der Waals surface area contributed by atoms with Crippen LogP contribution in [0.5, 0.6) is 0 Å². The highest BCUT2D eigenvalue weighted by Crippen LogP contribution is 2.32. The summed E-state index contributed by atoms with van der Waals surface area (Å²) in [6.07, 6.45) is -5.67. The molecule has 0 atom stereocenters. The molecule has 138 valence electrons. The minimum absolute atomic E-state index is 0.244. The number of benzene rings is 1. The number of rotatable bonds is 2. The first kappa shape index (κ1) is 20.3. The minimum Gasteiger partial charge on any atom is -0.444 e. The molecule has 10 heteroatoms. The lowest BCUT2D eigenvalue weighted by Gasteiger charge is -2.20.